The second-order valence-electron chi connectivity index (χ2n) is 5.93. The van der Waals surface area contributed by atoms with Gasteiger partial charge in [0.15, 0.2) is 0 Å². The van der Waals surface area contributed by atoms with Crippen molar-refractivity contribution in [1.29, 1.82) is 0 Å². The largest absolute Gasteiger partial charge is 0.366 e. The van der Waals surface area contributed by atoms with Crippen LogP contribution < -0.4 is 10.5 Å². The normalized spacial score (nSPS) is 15.7. The van der Waals surface area contributed by atoms with Crippen molar-refractivity contribution < 1.29 is 4.39 Å². The van der Waals surface area contributed by atoms with Crippen LogP contribution in [0.2, 0.25) is 5.02 Å². The minimum Gasteiger partial charge on any atom is -0.366 e. The third-order valence-electron chi connectivity index (χ3n) is 4.43. The van der Waals surface area contributed by atoms with Gasteiger partial charge in [0, 0.05) is 32.7 Å². The van der Waals surface area contributed by atoms with Gasteiger partial charge in [0.25, 0.3) is 5.56 Å². The third-order valence-corrected chi connectivity index (χ3v) is 4.80. The van der Waals surface area contributed by atoms with Crippen LogP contribution in [-0.4, -0.2) is 41.3 Å². The van der Waals surface area contributed by atoms with Gasteiger partial charge in [-0.25, -0.2) is 9.49 Å². The highest BCUT2D eigenvalue weighted by Crippen LogP contribution is 2.22. The van der Waals surface area contributed by atoms with Crippen LogP contribution in [0, 0.1) is 5.82 Å². The Kier molecular flexibility index (Phi) is 5.16. The molecule has 0 unspecified atom stereocenters. The molecule has 0 radical (unpaired) electrons. The number of aryl methyl sites for hydroxylation is 1. The number of aromatic amines is 1. The lowest BCUT2D eigenvalue weighted by molar-refractivity contribution is 0.249. The van der Waals surface area contributed by atoms with Crippen LogP contribution in [0.5, 0.6) is 0 Å². The maximum atomic E-state index is 13.4. The van der Waals surface area contributed by atoms with Gasteiger partial charge in [-0.3, -0.25) is 9.69 Å². The molecule has 5 nitrogen and oxygen atoms in total. The van der Waals surface area contributed by atoms with Crippen LogP contribution >= 0.6 is 11.6 Å². The summed E-state index contributed by atoms with van der Waals surface area (Å²) in [5.41, 5.74) is 2.54. The van der Waals surface area contributed by atoms with Crippen LogP contribution in [-0.2, 0) is 13.0 Å². The quantitative estimate of drug-likeness (QED) is 0.920. The van der Waals surface area contributed by atoms with E-state index in [2.05, 4.69) is 20.0 Å². The molecule has 2 aromatic rings. The Bertz CT molecular complexity index is 771. The van der Waals surface area contributed by atoms with Crippen molar-refractivity contribution in [3.8, 4) is 0 Å². The van der Waals surface area contributed by atoms with Gasteiger partial charge in [-0.1, -0.05) is 24.6 Å². The maximum Gasteiger partial charge on any atom is 0.285 e. The SMILES string of the molecule is CCc1cc(F)ccc1CN1CCN(c2cn[nH]c(=O)c2Cl)CC1. The lowest BCUT2D eigenvalue weighted by atomic mass is 10.0. The molecule has 7 heteroatoms. The summed E-state index contributed by atoms with van der Waals surface area (Å²) in [6.07, 6.45) is 2.41. The molecule has 1 aromatic heterocycles. The predicted molar refractivity (Wildman–Crippen MR) is 93.1 cm³/mol. The first-order chi connectivity index (χ1) is 11.6. The van der Waals surface area contributed by atoms with E-state index in [-0.39, 0.29) is 16.4 Å². The topological polar surface area (TPSA) is 52.2 Å². The Morgan fingerprint density at radius 3 is 2.71 bits per heavy atom. The number of hydrogen-bond acceptors (Lipinski definition) is 4. The van der Waals surface area contributed by atoms with Gasteiger partial charge in [-0.15, -0.1) is 0 Å². The second kappa shape index (κ2) is 7.32. The molecule has 0 atom stereocenters. The van der Waals surface area contributed by atoms with Crippen molar-refractivity contribution in [3.05, 3.63) is 56.7 Å². The number of hydrogen-bond donors (Lipinski definition) is 1. The summed E-state index contributed by atoms with van der Waals surface area (Å²) in [6, 6.07) is 5.01. The average Bonchev–Trinajstić information content (AvgIpc) is 2.60. The van der Waals surface area contributed by atoms with E-state index in [0.717, 1.165) is 44.7 Å². The Morgan fingerprint density at radius 2 is 2.00 bits per heavy atom. The summed E-state index contributed by atoms with van der Waals surface area (Å²) in [6.45, 7) is 6.09. The number of nitrogens with one attached hydrogen (secondary N) is 1. The molecule has 0 amide bonds. The van der Waals surface area contributed by atoms with E-state index in [9.17, 15) is 9.18 Å². The lowest BCUT2D eigenvalue weighted by Gasteiger charge is -2.36. The molecule has 1 saturated heterocycles. The lowest BCUT2D eigenvalue weighted by Crippen LogP contribution is -2.46. The zero-order valence-electron chi connectivity index (χ0n) is 13.6. The summed E-state index contributed by atoms with van der Waals surface area (Å²) >= 11 is 6.07. The van der Waals surface area contributed by atoms with Crippen LogP contribution in [0.25, 0.3) is 0 Å². The van der Waals surface area contributed by atoms with Gasteiger partial charge in [-0.2, -0.15) is 5.10 Å². The number of halogens is 2. The Balaban J connectivity index is 1.65. The van der Waals surface area contributed by atoms with Gasteiger partial charge in [0.2, 0.25) is 0 Å². The summed E-state index contributed by atoms with van der Waals surface area (Å²) in [5.74, 6) is -0.183. The number of nitrogens with zero attached hydrogens (tertiary/aromatic N) is 3. The monoisotopic (exact) mass is 350 g/mol. The van der Waals surface area contributed by atoms with E-state index in [0.29, 0.717) is 5.69 Å². The third kappa shape index (κ3) is 3.60. The molecular formula is C17H20ClFN4O. The maximum absolute atomic E-state index is 13.4. The zero-order chi connectivity index (χ0) is 17.1. The van der Waals surface area contributed by atoms with E-state index >= 15 is 0 Å². The smallest absolute Gasteiger partial charge is 0.285 e. The molecule has 0 bridgehead atoms. The van der Waals surface area contributed by atoms with Gasteiger partial charge in [0.05, 0.1) is 11.9 Å². The average molecular weight is 351 g/mol. The molecule has 1 aliphatic heterocycles. The van der Waals surface area contributed by atoms with E-state index in [4.69, 9.17) is 11.6 Å². The van der Waals surface area contributed by atoms with Gasteiger partial charge in [-0.05, 0) is 29.7 Å². The standard InChI is InChI=1S/C17H20ClFN4O/c1-2-12-9-14(19)4-3-13(12)11-22-5-7-23(8-6-22)15-10-20-21-17(24)16(15)18/h3-4,9-10H,2,5-8,11H2,1H3,(H,21,24). The number of H-pyrrole nitrogens is 1. The Morgan fingerprint density at radius 1 is 1.25 bits per heavy atom. The highest BCUT2D eigenvalue weighted by atomic mass is 35.5. The molecule has 1 aliphatic rings. The molecule has 128 valence electrons. The zero-order valence-corrected chi connectivity index (χ0v) is 14.3. The Labute approximate surface area is 145 Å². The van der Waals surface area contributed by atoms with Crippen LogP contribution in [0.15, 0.2) is 29.2 Å². The number of aromatic nitrogens is 2. The molecule has 2 heterocycles. The van der Waals surface area contributed by atoms with Crippen molar-refractivity contribution in [3.63, 3.8) is 0 Å². The van der Waals surface area contributed by atoms with Gasteiger partial charge in [0.1, 0.15) is 10.8 Å². The number of rotatable bonds is 4. The minimum atomic E-state index is -0.365. The van der Waals surface area contributed by atoms with Gasteiger partial charge < -0.3 is 4.90 Å². The fourth-order valence-electron chi connectivity index (χ4n) is 3.06. The molecule has 0 aliphatic carbocycles. The molecule has 0 saturated carbocycles. The first kappa shape index (κ1) is 16.9. The summed E-state index contributed by atoms with van der Waals surface area (Å²) < 4.78 is 13.4. The molecule has 1 fully saturated rings. The van der Waals surface area contributed by atoms with Crippen molar-refractivity contribution in [2.45, 2.75) is 19.9 Å². The fraction of sp³-hybridized carbons (Fsp3) is 0.412. The van der Waals surface area contributed by atoms with Crippen molar-refractivity contribution in [2.75, 3.05) is 31.1 Å². The molecule has 1 N–H and O–H groups in total. The van der Waals surface area contributed by atoms with Gasteiger partial charge >= 0.3 is 0 Å². The molecule has 1 aromatic carbocycles. The van der Waals surface area contributed by atoms with Crippen LogP contribution in [0.3, 0.4) is 0 Å². The van der Waals surface area contributed by atoms with Crippen molar-refractivity contribution in [2.24, 2.45) is 0 Å². The summed E-state index contributed by atoms with van der Waals surface area (Å²) in [5, 5.41) is 6.34. The Hall–Kier alpha value is -1.92. The fourth-order valence-corrected chi connectivity index (χ4v) is 3.27. The summed E-state index contributed by atoms with van der Waals surface area (Å²) in [4.78, 5) is 16.0. The van der Waals surface area contributed by atoms with E-state index in [1.165, 1.54) is 11.6 Å². The highest BCUT2D eigenvalue weighted by molar-refractivity contribution is 6.32. The number of piperazine rings is 1. The van der Waals surface area contributed by atoms with Crippen molar-refractivity contribution >= 4 is 17.3 Å². The molecular weight excluding hydrogens is 331 g/mol. The first-order valence-corrected chi connectivity index (χ1v) is 8.44. The highest BCUT2D eigenvalue weighted by Gasteiger charge is 2.21. The number of benzene rings is 1. The van der Waals surface area contributed by atoms with Crippen LogP contribution in [0.1, 0.15) is 18.1 Å². The second-order valence-corrected chi connectivity index (χ2v) is 6.31. The molecule has 24 heavy (non-hydrogen) atoms. The van der Waals surface area contributed by atoms with Crippen molar-refractivity contribution in [1.82, 2.24) is 15.1 Å². The molecule has 3 rings (SSSR count). The molecule has 0 spiro atoms. The van der Waals surface area contributed by atoms with E-state index in [1.54, 1.807) is 12.3 Å². The first-order valence-electron chi connectivity index (χ1n) is 8.06. The van der Waals surface area contributed by atoms with Crippen LogP contribution in [0.4, 0.5) is 10.1 Å². The predicted octanol–water partition coefficient (Wildman–Crippen LogP) is 2.45. The van der Waals surface area contributed by atoms with E-state index in [1.807, 2.05) is 13.0 Å². The van der Waals surface area contributed by atoms with E-state index < -0.39 is 0 Å². The number of anilines is 1. The minimum absolute atomic E-state index is 0.183. The summed E-state index contributed by atoms with van der Waals surface area (Å²) in [7, 11) is 0.